The van der Waals surface area contributed by atoms with Crippen LogP contribution < -0.4 is 0 Å². The molecule has 2 aromatic rings. The quantitative estimate of drug-likeness (QED) is 0.718. The molecule has 2 rings (SSSR count). The van der Waals surface area contributed by atoms with Gasteiger partial charge in [0.15, 0.2) is 17.5 Å². The minimum Gasteiger partial charge on any atom is -0.333 e. The monoisotopic (exact) mass is 225 g/mol. The zero-order valence-corrected chi connectivity index (χ0v) is 8.25. The molecule has 0 saturated heterocycles. The Kier molecular flexibility index (Phi) is 2.68. The van der Waals surface area contributed by atoms with Crippen molar-refractivity contribution in [1.29, 1.82) is 0 Å². The van der Waals surface area contributed by atoms with Crippen LogP contribution in [-0.4, -0.2) is 9.55 Å². The van der Waals surface area contributed by atoms with Crippen molar-refractivity contribution in [2.75, 3.05) is 0 Å². The van der Waals surface area contributed by atoms with Gasteiger partial charge in [0.05, 0.1) is 12.0 Å². The summed E-state index contributed by atoms with van der Waals surface area (Å²) in [5.41, 5.74) is 0.886. The number of aromatic nitrogens is 2. The summed E-state index contributed by atoms with van der Waals surface area (Å²) < 4.78 is 40.1. The minimum atomic E-state index is -1.45. The highest BCUT2D eigenvalue weighted by Gasteiger charge is 2.10. The average molecular weight is 225 g/mol. The number of hydrogen-bond acceptors (Lipinski definition) is 1. The molecule has 0 spiro atoms. The molecule has 0 N–H and O–H groups in total. The molecule has 1 heterocycles. The first-order valence-corrected chi connectivity index (χ1v) is 4.53. The highest BCUT2D eigenvalue weighted by molar-refractivity contribution is 5.20. The summed E-state index contributed by atoms with van der Waals surface area (Å²) in [5.74, 6) is -3.83. The molecule has 0 aliphatic rings. The van der Waals surface area contributed by atoms with Gasteiger partial charge in [0.2, 0.25) is 0 Å². The Morgan fingerprint density at radius 1 is 1.19 bits per heavy atom. The van der Waals surface area contributed by atoms with Gasteiger partial charge >= 0.3 is 0 Å². The summed E-state index contributed by atoms with van der Waals surface area (Å²) in [7, 11) is 0. The lowest BCUT2D eigenvalue weighted by molar-refractivity contribution is 0.444. The zero-order chi connectivity index (χ0) is 11.7. The maximum absolute atomic E-state index is 12.9. The minimum absolute atomic E-state index is 0.219. The largest absolute Gasteiger partial charge is 0.333 e. The van der Waals surface area contributed by atoms with E-state index < -0.39 is 17.5 Å². The molecule has 0 amide bonds. The first-order chi connectivity index (χ1) is 7.56. The number of nitrogens with zero attached hydrogens (tertiary/aromatic N) is 2. The van der Waals surface area contributed by atoms with Crippen LogP contribution in [0.25, 0.3) is 0 Å². The fourth-order valence-corrected chi connectivity index (χ4v) is 1.40. The Labute approximate surface area is 90.4 Å². The first-order valence-electron chi connectivity index (χ1n) is 4.53. The maximum Gasteiger partial charge on any atom is 0.194 e. The Balaban J connectivity index is 2.28. The predicted octanol–water partition coefficient (Wildman–Crippen LogP) is 2.53. The maximum atomic E-state index is 12.9. The second-order valence-electron chi connectivity index (χ2n) is 3.41. The fourth-order valence-electron chi connectivity index (χ4n) is 1.40. The molecule has 83 valence electrons. The molecular formula is C11H8F3N2. The smallest absolute Gasteiger partial charge is 0.194 e. The number of hydrogen-bond donors (Lipinski definition) is 0. The lowest BCUT2D eigenvalue weighted by atomic mass is 10.2. The normalized spacial score (nSPS) is 10.8. The van der Waals surface area contributed by atoms with Gasteiger partial charge in [-0.15, -0.1) is 0 Å². The van der Waals surface area contributed by atoms with Crippen molar-refractivity contribution in [3.05, 3.63) is 60.3 Å². The van der Waals surface area contributed by atoms with Gasteiger partial charge in [-0.05, 0) is 24.6 Å². The number of imidazole rings is 1. The van der Waals surface area contributed by atoms with E-state index in [0.29, 0.717) is 11.3 Å². The molecule has 0 saturated carbocycles. The van der Waals surface area contributed by atoms with Crippen LogP contribution in [0.1, 0.15) is 11.3 Å². The summed E-state index contributed by atoms with van der Waals surface area (Å²) in [6, 6.07) is 1.92. The van der Waals surface area contributed by atoms with Crippen molar-refractivity contribution in [2.24, 2.45) is 0 Å². The van der Waals surface area contributed by atoms with Crippen LogP contribution in [-0.2, 0) is 6.54 Å². The first kappa shape index (κ1) is 10.7. The number of halogens is 3. The highest BCUT2D eigenvalue weighted by atomic mass is 19.2. The van der Waals surface area contributed by atoms with Crippen LogP contribution >= 0.6 is 0 Å². The van der Waals surface area contributed by atoms with Gasteiger partial charge in [0, 0.05) is 12.7 Å². The summed E-state index contributed by atoms with van der Waals surface area (Å²) in [4.78, 5) is 3.87. The van der Waals surface area contributed by atoms with Crippen molar-refractivity contribution in [2.45, 2.75) is 6.54 Å². The molecule has 2 nitrogen and oxygen atoms in total. The van der Waals surface area contributed by atoms with Gasteiger partial charge in [-0.2, -0.15) is 0 Å². The molecule has 5 heteroatoms. The molecule has 0 fully saturated rings. The van der Waals surface area contributed by atoms with E-state index in [0.717, 1.165) is 12.1 Å². The average Bonchev–Trinajstić information content (AvgIpc) is 2.60. The number of rotatable bonds is 2. The van der Waals surface area contributed by atoms with Crippen LogP contribution in [0.4, 0.5) is 13.2 Å². The SMILES string of the molecule is [CH2]c1cn(Cc2cc(F)c(F)c(F)c2)cn1. The van der Waals surface area contributed by atoms with Gasteiger partial charge in [0.1, 0.15) is 0 Å². The van der Waals surface area contributed by atoms with Gasteiger partial charge in [-0.25, -0.2) is 18.2 Å². The van der Waals surface area contributed by atoms with E-state index in [4.69, 9.17) is 0 Å². The topological polar surface area (TPSA) is 17.8 Å². The molecule has 0 atom stereocenters. The molecule has 1 radical (unpaired) electrons. The van der Waals surface area contributed by atoms with Crippen molar-refractivity contribution in [1.82, 2.24) is 9.55 Å². The van der Waals surface area contributed by atoms with E-state index in [1.165, 1.54) is 6.33 Å². The molecule has 0 bridgehead atoms. The summed E-state index contributed by atoms with van der Waals surface area (Å²) in [5, 5.41) is 0. The summed E-state index contributed by atoms with van der Waals surface area (Å²) in [6.45, 7) is 3.81. The predicted molar refractivity (Wildman–Crippen MR) is 52.1 cm³/mol. The molecule has 1 aromatic heterocycles. The summed E-state index contributed by atoms with van der Waals surface area (Å²) in [6.07, 6.45) is 3.11. The lowest BCUT2D eigenvalue weighted by Gasteiger charge is -2.04. The zero-order valence-electron chi connectivity index (χ0n) is 8.25. The number of benzene rings is 1. The standard InChI is InChI=1S/C11H8F3N2/c1-7-4-16(6-15-7)5-8-2-9(12)11(14)10(13)3-8/h2-4,6H,1,5H2. The second kappa shape index (κ2) is 4.00. The van der Waals surface area contributed by atoms with E-state index in [1.807, 2.05) is 0 Å². The molecule has 16 heavy (non-hydrogen) atoms. The fraction of sp³-hybridized carbons (Fsp3) is 0.0909. The highest BCUT2D eigenvalue weighted by Crippen LogP contribution is 2.14. The van der Waals surface area contributed by atoms with Crippen molar-refractivity contribution < 1.29 is 13.2 Å². The third kappa shape index (κ3) is 2.08. The Hall–Kier alpha value is -1.78. The molecule has 0 aliphatic heterocycles. The van der Waals surface area contributed by atoms with Crippen molar-refractivity contribution >= 4 is 0 Å². The Morgan fingerprint density at radius 3 is 2.31 bits per heavy atom. The van der Waals surface area contributed by atoms with Crippen LogP contribution in [0, 0.1) is 24.4 Å². The molecule has 0 unspecified atom stereocenters. The Morgan fingerprint density at radius 2 is 1.81 bits per heavy atom. The van der Waals surface area contributed by atoms with Gasteiger partial charge in [-0.1, -0.05) is 0 Å². The van der Waals surface area contributed by atoms with Crippen LogP contribution in [0.15, 0.2) is 24.7 Å². The van der Waals surface area contributed by atoms with E-state index in [2.05, 4.69) is 11.9 Å². The van der Waals surface area contributed by atoms with Crippen LogP contribution in [0.5, 0.6) is 0 Å². The van der Waals surface area contributed by atoms with Crippen molar-refractivity contribution in [3.63, 3.8) is 0 Å². The van der Waals surface area contributed by atoms with Crippen LogP contribution in [0.3, 0.4) is 0 Å². The van der Waals surface area contributed by atoms with Gasteiger partial charge < -0.3 is 4.57 Å². The van der Waals surface area contributed by atoms with E-state index in [1.54, 1.807) is 10.8 Å². The lowest BCUT2D eigenvalue weighted by Crippen LogP contribution is -2.00. The third-order valence-electron chi connectivity index (χ3n) is 2.10. The summed E-state index contributed by atoms with van der Waals surface area (Å²) >= 11 is 0. The van der Waals surface area contributed by atoms with E-state index >= 15 is 0 Å². The second-order valence-corrected chi connectivity index (χ2v) is 3.41. The third-order valence-corrected chi connectivity index (χ3v) is 2.10. The van der Waals surface area contributed by atoms with E-state index in [-0.39, 0.29) is 6.54 Å². The van der Waals surface area contributed by atoms with Gasteiger partial charge in [-0.3, -0.25) is 0 Å². The van der Waals surface area contributed by atoms with E-state index in [9.17, 15) is 13.2 Å². The Bertz CT molecular complexity index is 497. The van der Waals surface area contributed by atoms with Crippen molar-refractivity contribution in [3.8, 4) is 0 Å². The van der Waals surface area contributed by atoms with Crippen LogP contribution in [0.2, 0.25) is 0 Å². The molecule has 1 aromatic carbocycles. The molecule has 0 aliphatic carbocycles. The molecular weight excluding hydrogens is 217 g/mol. The van der Waals surface area contributed by atoms with Gasteiger partial charge in [0.25, 0.3) is 0 Å².